The highest BCUT2D eigenvalue weighted by Crippen LogP contribution is 2.22. The lowest BCUT2D eigenvalue weighted by molar-refractivity contribution is 0.0946. The van der Waals surface area contributed by atoms with Crippen LogP contribution in [0.25, 0.3) is 11.3 Å². The fourth-order valence-corrected chi connectivity index (χ4v) is 2.86. The molecule has 1 N–H and O–H groups in total. The number of nitrogens with one attached hydrogen (secondary N) is 1. The van der Waals surface area contributed by atoms with Gasteiger partial charge in [0.25, 0.3) is 5.91 Å². The smallest absolute Gasteiger partial charge is 0.251 e. The number of aromatic nitrogens is 2. The maximum atomic E-state index is 12.3. The van der Waals surface area contributed by atoms with Crippen LogP contribution in [0.5, 0.6) is 11.6 Å². The van der Waals surface area contributed by atoms with E-state index in [0.29, 0.717) is 24.6 Å². The molecule has 3 aromatic rings. The molecule has 0 fully saturated rings. The van der Waals surface area contributed by atoms with Crippen LogP contribution in [0.3, 0.4) is 0 Å². The molecule has 0 spiro atoms. The lowest BCUT2D eigenvalue weighted by Crippen LogP contribution is -2.28. The van der Waals surface area contributed by atoms with E-state index in [2.05, 4.69) is 36.3 Å². The van der Waals surface area contributed by atoms with Crippen molar-refractivity contribution in [1.82, 2.24) is 15.5 Å². The summed E-state index contributed by atoms with van der Waals surface area (Å²) in [5.74, 6) is 1.08. The molecule has 0 aliphatic carbocycles. The molecule has 0 aliphatic rings. The molecule has 156 valence electrons. The van der Waals surface area contributed by atoms with Crippen LogP contribution in [0, 0.1) is 0 Å². The highest BCUT2D eigenvalue weighted by atomic mass is 16.5. The molecule has 1 aromatic heterocycles. The second kappa shape index (κ2) is 9.39. The van der Waals surface area contributed by atoms with Crippen LogP contribution in [0.2, 0.25) is 0 Å². The van der Waals surface area contributed by atoms with Gasteiger partial charge in [-0.3, -0.25) is 4.79 Å². The molecule has 0 unspecified atom stereocenters. The second-order valence-electron chi connectivity index (χ2n) is 7.92. The molecule has 3 rings (SSSR count). The zero-order valence-corrected chi connectivity index (χ0v) is 17.8. The van der Waals surface area contributed by atoms with E-state index in [9.17, 15) is 4.79 Å². The Bertz CT molecular complexity index is 961. The number of amides is 1. The third-order valence-corrected chi connectivity index (χ3v) is 4.68. The van der Waals surface area contributed by atoms with Gasteiger partial charge >= 0.3 is 0 Å². The monoisotopic (exact) mass is 405 g/mol. The van der Waals surface area contributed by atoms with Crippen LogP contribution in [-0.4, -0.2) is 36.4 Å². The maximum absolute atomic E-state index is 12.3. The van der Waals surface area contributed by atoms with E-state index >= 15 is 0 Å². The van der Waals surface area contributed by atoms with Gasteiger partial charge in [-0.25, -0.2) is 0 Å². The summed E-state index contributed by atoms with van der Waals surface area (Å²) >= 11 is 0. The lowest BCUT2D eigenvalue weighted by Gasteiger charge is -2.19. The summed E-state index contributed by atoms with van der Waals surface area (Å²) < 4.78 is 10.7. The fourth-order valence-electron chi connectivity index (χ4n) is 2.86. The van der Waals surface area contributed by atoms with Crippen LogP contribution in [0.1, 0.15) is 36.7 Å². The van der Waals surface area contributed by atoms with Gasteiger partial charge in [0.2, 0.25) is 5.88 Å². The molecule has 6 nitrogen and oxygen atoms in total. The summed E-state index contributed by atoms with van der Waals surface area (Å²) in [6, 6.07) is 18.9. The van der Waals surface area contributed by atoms with Gasteiger partial charge in [0, 0.05) is 17.2 Å². The predicted octanol–water partition coefficient (Wildman–Crippen LogP) is 4.26. The van der Waals surface area contributed by atoms with E-state index in [4.69, 9.17) is 9.47 Å². The van der Waals surface area contributed by atoms with Crippen LogP contribution < -0.4 is 14.8 Å². The third kappa shape index (κ3) is 5.56. The van der Waals surface area contributed by atoms with Crippen LogP contribution in [0.4, 0.5) is 0 Å². The van der Waals surface area contributed by atoms with Crippen molar-refractivity contribution in [2.75, 3.05) is 20.3 Å². The molecular weight excluding hydrogens is 378 g/mol. The molecule has 0 aliphatic heterocycles. The SMILES string of the molecule is COc1ccc(-c2ccc(OCCNC(=O)c3ccc(C(C)(C)C)cc3)nn2)cc1. The van der Waals surface area contributed by atoms with Crippen molar-refractivity contribution < 1.29 is 14.3 Å². The van der Waals surface area contributed by atoms with Crippen molar-refractivity contribution in [3.05, 3.63) is 71.8 Å². The normalized spacial score (nSPS) is 11.1. The zero-order chi connectivity index (χ0) is 21.6. The van der Waals surface area contributed by atoms with E-state index in [0.717, 1.165) is 17.0 Å². The topological polar surface area (TPSA) is 73.3 Å². The van der Waals surface area contributed by atoms with Gasteiger partial charge in [0.05, 0.1) is 19.3 Å². The number of carbonyl (C=O) groups is 1. The van der Waals surface area contributed by atoms with Crippen molar-refractivity contribution in [2.45, 2.75) is 26.2 Å². The average Bonchev–Trinajstić information content (AvgIpc) is 2.76. The van der Waals surface area contributed by atoms with Gasteiger partial charge in [-0.1, -0.05) is 32.9 Å². The summed E-state index contributed by atoms with van der Waals surface area (Å²) in [4.78, 5) is 12.3. The van der Waals surface area contributed by atoms with Crippen LogP contribution in [-0.2, 0) is 5.41 Å². The molecule has 0 saturated carbocycles. The number of methoxy groups -OCH3 is 1. The van der Waals surface area contributed by atoms with Crippen LogP contribution in [0.15, 0.2) is 60.7 Å². The Labute approximate surface area is 177 Å². The number of hydrogen-bond acceptors (Lipinski definition) is 5. The summed E-state index contributed by atoms with van der Waals surface area (Å²) in [7, 11) is 1.63. The molecule has 1 heterocycles. The molecular formula is C24H27N3O3. The van der Waals surface area contributed by atoms with Crippen molar-refractivity contribution in [2.24, 2.45) is 0 Å². The number of carbonyl (C=O) groups excluding carboxylic acids is 1. The number of rotatable bonds is 7. The van der Waals surface area contributed by atoms with E-state index in [-0.39, 0.29) is 11.3 Å². The molecule has 0 atom stereocenters. The zero-order valence-electron chi connectivity index (χ0n) is 17.8. The minimum Gasteiger partial charge on any atom is -0.497 e. The third-order valence-electron chi connectivity index (χ3n) is 4.68. The van der Waals surface area contributed by atoms with E-state index < -0.39 is 0 Å². The largest absolute Gasteiger partial charge is 0.497 e. The van der Waals surface area contributed by atoms with Crippen molar-refractivity contribution in [3.8, 4) is 22.9 Å². The Hall–Kier alpha value is -3.41. The summed E-state index contributed by atoms with van der Waals surface area (Å²) in [6.45, 7) is 7.12. The van der Waals surface area contributed by atoms with E-state index in [1.54, 1.807) is 13.2 Å². The second-order valence-corrected chi connectivity index (χ2v) is 7.92. The predicted molar refractivity (Wildman–Crippen MR) is 117 cm³/mol. The molecule has 0 bridgehead atoms. The Morgan fingerprint density at radius 2 is 1.63 bits per heavy atom. The summed E-state index contributed by atoms with van der Waals surface area (Å²) in [5.41, 5.74) is 3.58. The first-order chi connectivity index (χ1) is 14.4. The minimum atomic E-state index is -0.125. The van der Waals surface area contributed by atoms with E-state index in [1.165, 1.54) is 5.56 Å². The Kier molecular flexibility index (Phi) is 6.67. The number of ether oxygens (including phenoxy) is 2. The minimum absolute atomic E-state index is 0.0623. The summed E-state index contributed by atoms with van der Waals surface area (Å²) in [6.07, 6.45) is 0. The first kappa shape index (κ1) is 21.3. The summed E-state index contributed by atoms with van der Waals surface area (Å²) in [5, 5.41) is 11.1. The van der Waals surface area contributed by atoms with E-state index in [1.807, 2.05) is 54.6 Å². The first-order valence-electron chi connectivity index (χ1n) is 9.86. The molecule has 1 amide bonds. The van der Waals surface area contributed by atoms with Gasteiger partial charge in [0.1, 0.15) is 12.4 Å². The Balaban J connectivity index is 1.46. The molecule has 0 saturated heterocycles. The van der Waals surface area contributed by atoms with Gasteiger partial charge in [-0.15, -0.1) is 10.2 Å². The highest BCUT2D eigenvalue weighted by Gasteiger charge is 2.14. The van der Waals surface area contributed by atoms with Gasteiger partial charge in [-0.2, -0.15) is 0 Å². The van der Waals surface area contributed by atoms with Crippen LogP contribution >= 0.6 is 0 Å². The van der Waals surface area contributed by atoms with Gasteiger partial charge in [0.15, 0.2) is 0 Å². The van der Waals surface area contributed by atoms with Gasteiger partial charge < -0.3 is 14.8 Å². The number of benzene rings is 2. The molecule has 0 radical (unpaired) electrons. The lowest BCUT2D eigenvalue weighted by atomic mass is 9.87. The Morgan fingerprint density at radius 1 is 0.933 bits per heavy atom. The maximum Gasteiger partial charge on any atom is 0.251 e. The molecule has 2 aromatic carbocycles. The average molecular weight is 405 g/mol. The van der Waals surface area contributed by atoms with Crippen molar-refractivity contribution in [1.29, 1.82) is 0 Å². The van der Waals surface area contributed by atoms with Gasteiger partial charge in [-0.05, 0) is 53.4 Å². The number of nitrogens with zero attached hydrogens (tertiary/aromatic N) is 2. The first-order valence-corrected chi connectivity index (χ1v) is 9.86. The Morgan fingerprint density at radius 3 is 2.20 bits per heavy atom. The highest BCUT2D eigenvalue weighted by molar-refractivity contribution is 5.94. The molecule has 6 heteroatoms. The van der Waals surface area contributed by atoms with Crippen molar-refractivity contribution >= 4 is 5.91 Å². The quantitative estimate of drug-likeness (QED) is 0.595. The van der Waals surface area contributed by atoms with Crippen molar-refractivity contribution in [3.63, 3.8) is 0 Å². The standard InChI is InChI=1S/C24H27N3O3/c1-24(2,3)19-9-5-18(6-10-19)23(28)25-15-16-30-22-14-13-21(26-27-22)17-7-11-20(29-4)12-8-17/h5-14H,15-16H2,1-4H3,(H,25,28). The fraction of sp³-hybridized carbons (Fsp3) is 0.292. The number of hydrogen-bond donors (Lipinski definition) is 1. The molecule has 30 heavy (non-hydrogen) atoms.